The zero-order valence-corrected chi connectivity index (χ0v) is 14.0. The molecule has 1 saturated heterocycles. The second kappa shape index (κ2) is 7.57. The van der Waals surface area contributed by atoms with E-state index in [2.05, 4.69) is 16.0 Å². The average Bonchev–Trinajstić information content (AvgIpc) is 3.26. The molecule has 7 nitrogen and oxygen atoms in total. The molecule has 2 N–H and O–H groups in total. The van der Waals surface area contributed by atoms with Crippen molar-refractivity contribution in [3.8, 4) is 5.69 Å². The van der Waals surface area contributed by atoms with Crippen LogP contribution in [0.25, 0.3) is 5.69 Å². The lowest BCUT2D eigenvalue weighted by Gasteiger charge is -2.22. The Balaban J connectivity index is 1.69. The van der Waals surface area contributed by atoms with Gasteiger partial charge >= 0.3 is 0 Å². The summed E-state index contributed by atoms with van der Waals surface area (Å²) in [4.78, 5) is 14.6. The summed E-state index contributed by atoms with van der Waals surface area (Å²) in [5.74, 6) is -0.0157. The molecule has 1 amide bonds. The van der Waals surface area contributed by atoms with Gasteiger partial charge in [-0.2, -0.15) is 5.10 Å². The Bertz CT molecular complexity index is 673. The van der Waals surface area contributed by atoms with Gasteiger partial charge in [0.05, 0.1) is 17.9 Å². The van der Waals surface area contributed by atoms with Crippen molar-refractivity contribution in [2.75, 3.05) is 27.3 Å². The number of carbonyl (C=O) groups excluding carboxylic acids is 1. The van der Waals surface area contributed by atoms with Crippen molar-refractivity contribution in [2.45, 2.75) is 18.5 Å². The molecule has 0 saturated carbocycles. The fraction of sp³-hybridized carbons (Fsp3) is 0.412. The second-order valence-corrected chi connectivity index (χ2v) is 6.03. The van der Waals surface area contributed by atoms with Gasteiger partial charge in [0, 0.05) is 45.2 Å². The molecule has 2 unspecified atom stereocenters. The van der Waals surface area contributed by atoms with Crippen LogP contribution in [-0.4, -0.2) is 60.0 Å². The van der Waals surface area contributed by atoms with E-state index in [0.29, 0.717) is 18.7 Å². The number of aromatic nitrogens is 2. The molecular weight excluding hydrogens is 306 g/mol. The standard InChI is InChI=1S/C17H23N5O2/c1-21(11-13-10-14(12-24-2)20-19-13)17(23)15-6-3-4-7-16(15)22-9-5-8-18-22/h3-9,13-14,19-20H,10-12H2,1-2H3. The van der Waals surface area contributed by atoms with Gasteiger partial charge in [0.1, 0.15) is 0 Å². The van der Waals surface area contributed by atoms with E-state index in [9.17, 15) is 4.79 Å². The molecule has 1 fully saturated rings. The first-order chi connectivity index (χ1) is 11.7. The number of para-hydroxylation sites is 1. The van der Waals surface area contributed by atoms with Crippen LogP contribution in [-0.2, 0) is 4.74 Å². The SMILES string of the molecule is COCC1CC(CN(C)C(=O)c2ccccc2-n2cccn2)NN1. The average molecular weight is 329 g/mol. The van der Waals surface area contributed by atoms with Crippen LogP contribution in [0.1, 0.15) is 16.8 Å². The van der Waals surface area contributed by atoms with Gasteiger partial charge in [0.15, 0.2) is 0 Å². The van der Waals surface area contributed by atoms with Crippen molar-refractivity contribution in [2.24, 2.45) is 0 Å². The van der Waals surface area contributed by atoms with Crippen molar-refractivity contribution in [1.29, 1.82) is 0 Å². The number of rotatable bonds is 6. The predicted octanol–water partition coefficient (Wildman–Crippen LogP) is 0.826. The van der Waals surface area contributed by atoms with Gasteiger partial charge in [-0.3, -0.25) is 15.6 Å². The van der Waals surface area contributed by atoms with Crippen LogP contribution in [0.2, 0.25) is 0 Å². The highest BCUT2D eigenvalue weighted by Gasteiger charge is 2.26. The van der Waals surface area contributed by atoms with Gasteiger partial charge < -0.3 is 9.64 Å². The largest absolute Gasteiger partial charge is 0.383 e. The lowest BCUT2D eigenvalue weighted by atomic mass is 10.1. The second-order valence-electron chi connectivity index (χ2n) is 6.03. The molecule has 2 aromatic rings. The minimum absolute atomic E-state index is 0.0157. The monoisotopic (exact) mass is 329 g/mol. The minimum Gasteiger partial charge on any atom is -0.383 e. The van der Waals surface area contributed by atoms with Gasteiger partial charge in [0.25, 0.3) is 5.91 Å². The summed E-state index contributed by atoms with van der Waals surface area (Å²) in [5.41, 5.74) is 7.86. The number of hydrazine groups is 1. The lowest BCUT2D eigenvalue weighted by molar-refractivity contribution is 0.0782. The van der Waals surface area contributed by atoms with Crippen molar-refractivity contribution in [3.63, 3.8) is 0 Å². The van der Waals surface area contributed by atoms with Gasteiger partial charge in [-0.05, 0) is 24.6 Å². The first-order valence-electron chi connectivity index (χ1n) is 8.03. The van der Waals surface area contributed by atoms with E-state index >= 15 is 0 Å². The number of nitrogens with zero attached hydrogens (tertiary/aromatic N) is 3. The molecule has 0 bridgehead atoms. The van der Waals surface area contributed by atoms with Crippen LogP contribution in [0.4, 0.5) is 0 Å². The van der Waals surface area contributed by atoms with E-state index in [0.717, 1.165) is 12.1 Å². The molecule has 0 aliphatic carbocycles. The summed E-state index contributed by atoms with van der Waals surface area (Å²) in [5, 5.41) is 4.23. The highest BCUT2D eigenvalue weighted by atomic mass is 16.5. The van der Waals surface area contributed by atoms with Crippen LogP contribution in [0.5, 0.6) is 0 Å². The number of nitrogens with one attached hydrogen (secondary N) is 2. The predicted molar refractivity (Wildman–Crippen MR) is 90.9 cm³/mol. The summed E-state index contributed by atoms with van der Waals surface area (Å²) < 4.78 is 6.87. The Labute approximate surface area is 141 Å². The summed E-state index contributed by atoms with van der Waals surface area (Å²) in [6.07, 6.45) is 4.46. The summed E-state index contributed by atoms with van der Waals surface area (Å²) in [6, 6.07) is 9.84. The lowest BCUT2D eigenvalue weighted by Crippen LogP contribution is -2.42. The van der Waals surface area contributed by atoms with Crippen LogP contribution in [0, 0.1) is 0 Å². The van der Waals surface area contributed by atoms with Crippen molar-refractivity contribution < 1.29 is 9.53 Å². The van der Waals surface area contributed by atoms with E-state index in [1.54, 1.807) is 22.9 Å². The molecule has 1 aliphatic rings. The molecule has 3 rings (SSSR count). The normalized spacial score (nSPS) is 20.2. The quantitative estimate of drug-likeness (QED) is 0.821. The fourth-order valence-corrected chi connectivity index (χ4v) is 3.01. The summed E-state index contributed by atoms with van der Waals surface area (Å²) in [6.45, 7) is 1.28. The maximum absolute atomic E-state index is 12.9. The summed E-state index contributed by atoms with van der Waals surface area (Å²) >= 11 is 0. The first kappa shape index (κ1) is 16.6. The van der Waals surface area contributed by atoms with Crippen LogP contribution in [0.3, 0.4) is 0 Å². The molecule has 128 valence electrons. The van der Waals surface area contributed by atoms with Crippen molar-refractivity contribution in [3.05, 3.63) is 48.3 Å². The Kier molecular flexibility index (Phi) is 5.24. The third-order valence-corrected chi connectivity index (χ3v) is 4.16. The minimum atomic E-state index is -0.0157. The van der Waals surface area contributed by atoms with E-state index in [4.69, 9.17) is 4.74 Å². The van der Waals surface area contributed by atoms with E-state index in [1.165, 1.54) is 0 Å². The number of ether oxygens (including phenoxy) is 1. The zero-order chi connectivity index (χ0) is 16.9. The Hall–Kier alpha value is -2.22. The topological polar surface area (TPSA) is 71.4 Å². The molecule has 24 heavy (non-hydrogen) atoms. The third-order valence-electron chi connectivity index (χ3n) is 4.16. The molecule has 2 heterocycles. The molecule has 7 heteroatoms. The molecule has 1 aromatic carbocycles. The van der Waals surface area contributed by atoms with E-state index in [-0.39, 0.29) is 18.0 Å². The Morgan fingerprint density at radius 2 is 2.12 bits per heavy atom. The molecule has 0 spiro atoms. The maximum atomic E-state index is 12.9. The summed E-state index contributed by atoms with van der Waals surface area (Å²) in [7, 11) is 3.52. The molecule has 1 aromatic heterocycles. The number of hydrogen-bond donors (Lipinski definition) is 2. The molecule has 2 atom stereocenters. The Morgan fingerprint density at radius 3 is 2.88 bits per heavy atom. The Morgan fingerprint density at radius 1 is 1.33 bits per heavy atom. The number of carbonyl (C=O) groups is 1. The molecular formula is C17H23N5O2. The maximum Gasteiger partial charge on any atom is 0.255 e. The van der Waals surface area contributed by atoms with Gasteiger partial charge in [-0.15, -0.1) is 0 Å². The van der Waals surface area contributed by atoms with Crippen LogP contribution >= 0.6 is 0 Å². The van der Waals surface area contributed by atoms with E-state index < -0.39 is 0 Å². The van der Waals surface area contributed by atoms with Crippen LogP contribution < -0.4 is 10.9 Å². The first-order valence-corrected chi connectivity index (χ1v) is 8.03. The number of likely N-dealkylation sites (N-methyl/N-ethyl adjacent to an activating group) is 1. The van der Waals surface area contributed by atoms with Gasteiger partial charge in [0.2, 0.25) is 0 Å². The van der Waals surface area contributed by atoms with Crippen molar-refractivity contribution in [1.82, 2.24) is 25.5 Å². The molecule has 0 radical (unpaired) electrons. The fourth-order valence-electron chi connectivity index (χ4n) is 3.01. The highest BCUT2D eigenvalue weighted by Crippen LogP contribution is 2.16. The number of amides is 1. The third kappa shape index (κ3) is 3.64. The number of methoxy groups -OCH3 is 1. The van der Waals surface area contributed by atoms with E-state index in [1.807, 2.05) is 43.6 Å². The number of hydrogen-bond acceptors (Lipinski definition) is 5. The molecule has 1 aliphatic heterocycles. The van der Waals surface area contributed by atoms with Gasteiger partial charge in [-0.25, -0.2) is 4.68 Å². The van der Waals surface area contributed by atoms with Crippen LogP contribution in [0.15, 0.2) is 42.7 Å². The highest BCUT2D eigenvalue weighted by molar-refractivity contribution is 5.97. The smallest absolute Gasteiger partial charge is 0.255 e. The number of benzene rings is 1. The zero-order valence-electron chi connectivity index (χ0n) is 14.0. The van der Waals surface area contributed by atoms with Gasteiger partial charge in [-0.1, -0.05) is 12.1 Å². The van der Waals surface area contributed by atoms with Crippen molar-refractivity contribution >= 4 is 5.91 Å².